The van der Waals surface area contributed by atoms with E-state index in [1.54, 1.807) is 16.7 Å². The second-order valence-electron chi connectivity index (χ2n) is 6.88. The van der Waals surface area contributed by atoms with Crippen LogP contribution < -0.4 is 0 Å². The van der Waals surface area contributed by atoms with Gasteiger partial charge in [0.05, 0.1) is 5.37 Å². The van der Waals surface area contributed by atoms with Gasteiger partial charge in [0.25, 0.3) is 0 Å². The molecule has 0 radical (unpaired) electrons. The lowest BCUT2D eigenvalue weighted by Crippen LogP contribution is -2.53. The third-order valence-electron chi connectivity index (χ3n) is 4.36. The zero-order valence-electron chi connectivity index (χ0n) is 12.7. The van der Waals surface area contributed by atoms with E-state index in [4.69, 9.17) is 0 Å². The number of carboxylic acids is 1. The molecule has 2 aliphatic carbocycles. The number of rotatable bonds is 5. The molecule has 2 atom stereocenters. The number of hydrogen-bond donors (Lipinski definition) is 1. The lowest BCUT2D eigenvalue weighted by Gasteiger charge is -2.34. The SMILES string of the molecule is CC(C)CN(C(=O)N1C(C(=O)O)CSC1C1CC1)C1CC1. The molecule has 2 saturated carbocycles. The van der Waals surface area contributed by atoms with Crippen molar-refractivity contribution in [1.29, 1.82) is 0 Å². The fourth-order valence-corrected chi connectivity index (χ4v) is 4.64. The minimum atomic E-state index is -0.862. The van der Waals surface area contributed by atoms with Gasteiger partial charge in [0.2, 0.25) is 0 Å². The lowest BCUT2D eigenvalue weighted by molar-refractivity contribution is -0.141. The second kappa shape index (κ2) is 5.71. The van der Waals surface area contributed by atoms with Gasteiger partial charge in [-0.05, 0) is 37.5 Å². The molecule has 0 bridgehead atoms. The van der Waals surface area contributed by atoms with Gasteiger partial charge in [-0.3, -0.25) is 4.90 Å². The van der Waals surface area contributed by atoms with Gasteiger partial charge in [0.1, 0.15) is 6.04 Å². The van der Waals surface area contributed by atoms with Crippen LogP contribution in [-0.2, 0) is 4.79 Å². The van der Waals surface area contributed by atoms with Crippen LogP contribution in [0.3, 0.4) is 0 Å². The highest BCUT2D eigenvalue weighted by Gasteiger charge is 2.50. The molecule has 1 N–H and O–H groups in total. The largest absolute Gasteiger partial charge is 0.480 e. The third-order valence-corrected chi connectivity index (χ3v) is 5.82. The molecular formula is C15H24N2O3S. The van der Waals surface area contributed by atoms with Gasteiger partial charge in [-0.25, -0.2) is 9.59 Å². The molecular weight excluding hydrogens is 288 g/mol. The van der Waals surface area contributed by atoms with Crippen molar-refractivity contribution in [2.24, 2.45) is 11.8 Å². The Morgan fingerprint density at radius 3 is 2.43 bits per heavy atom. The number of amides is 2. The van der Waals surface area contributed by atoms with Crippen molar-refractivity contribution < 1.29 is 14.7 Å². The first-order valence-electron chi connectivity index (χ1n) is 7.92. The van der Waals surface area contributed by atoms with Gasteiger partial charge in [-0.1, -0.05) is 13.8 Å². The van der Waals surface area contributed by atoms with Crippen LogP contribution in [0.2, 0.25) is 0 Å². The topological polar surface area (TPSA) is 60.9 Å². The molecule has 3 aliphatic rings. The number of aliphatic carboxylic acids is 1. The summed E-state index contributed by atoms with van der Waals surface area (Å²) in [6, 6.07) is -0.359. The number of carbonyl (C=O) groups is 2. The van der Waals surface area contributed by atoms with Crippen molar-refractivity contribution in [2.45, 2.75) is 57.0 Å². The van der Waals surface area contributed by atoms with Crippen molar-refractivity contribution in [3.63, 3.8) is 0 Å². The molecule has 0 aromatic heterocycles. The normalized spacial score (nSPS) is 29.0. The zero-order chi connectivity index (χ0) is 15.1. The third kappa shape index (κ3) is 3.15. The van der Waals surface area contributed by atoms with Crippen LogP contribution in [0.25, 0.3) is 0 Å². The summed E-state index contributed by atoms with van der Waals surface area (Å²) in [6.07, 6.45) is 4.37. The average Bonchev–Trinajstić information content (AvgIpc) is 3.32. The van der Waals surface area contributed by atoms with E-state index >= 15 is 0 Å². The Bertz CT molecular complexity index is 435. The molecule has 5 nitrogen and oxygen atoms in total. The summed E-state index contributed by atoms with van der Waals surface area (Å²) in [6.45, 7) is 4.94. The predicted octanol–water partition coefficient (Wildman–Crippen LogP) is 2.46. The summed E-state index contributed by atoms with van der Waals surface area (Å²) in [5, 5.41) is 9.52. The fraction of sp³-hybridized carbons (Fsp3) is 0.867. The summed E-state index contributed by atoms with van der Waals surface area (Å²) in [5.74, 6) is 0.581. The molecule has 0 spiro atoms. The van der Waals surface area contributed by atoms with Crippen molar-refractivity contribution in [3.8, 4) is 0 Å². The second-order valence-corrected chi connectivity index (χ2v) is 8.03. The van der Waals surface area contributed by atoms with E-state index < -0.39 is 12.0 Å². The molecule has 1 heterocycles. The van der Waals surface area contributed by atoms with Gasteiger partial charge in [-0.2, -0.15) is 0 Å². The summed E-state index contributed by atoms with van der Waals surface area (Å²) in [4.78, 5) is 28.1. The van der Waals surface area contributed by atoms with Crippen LogP contribution >= 0.6 is 11.8 Å². The van der Waals surface area contributed by atoms with Crippen LogP contribution in [0.4, 0.5) is 4.79 Å². The highest BCUT2D eigenvalue weighted by Crippen LogP contribution is 2.46. The first-order chi connectivity index (χ1) is 9.99. The number of carbonyl (C=O) groups excluding carboxylic acids is 1. The van der Waals surface area contributed by atoms with Gasteiger partial charge in [0, 0.05) is 18.3 Å². The molecule has 0 aromatic rings. The molecule has 0 aromatic carbocycles. The van der Waals surface area contributed by atoms with Crippen LogP contribution in [0.15, 0.2) is 0 Å². The molecule has 2 unspecified atom stereocenters. The lowest BCUT2D eigenvalue weighted by atomic mass is 10.2. The molecule has 2 amide bonds. The van der Waals surface area contributed by atoms with Crippen molar-refractivity contribution in [2.75, 3.05) is 12.3 Å². The highest BCUT2D eigenvalue weighted by molar-refractivity contribution is 8.00. The first-order valence-corrected chi connectivity index (χ1v) is 8.97. The first kappa shape index (κ1) is 15.0. The highest BCUT2D eigenvalue weighted by atomic mass is 32.2. The zero-order valence-corrected chi connectivity index (χ0v) is 13.5. The molecule has 3 rings (SSSR count). The van der Waals surface area contributed by atoms with Crippen LogP contribution in [0, 0.1) is 11.8 Å². The van der Waals surface area contributed by atoms with Crippen LogP contribution in [0.5, 0.6) is 0 Å². The van der Waals surface area contributed by atoms with Crippen molar-refractivity contribution in [1.82, 2.24) is 9.80 Å². The standard InChI is InChI=1S/C15H24N2O3S/c1-9(2)7-16(11-5-6-11)15(20)17-12(14(18)19)8-21-13(17)10-3-4-10/h9-13H,3-8H2,1-2H3,(H,18,19). The molecule has 118 valence electrons. The summed E-state index contributed by atoms with van der Waals surface area (Å²) < 4.78 is 0. The number of urea groups is 1. The van der Waals surface area contributed by atoms with Crippen molar-refractivity contribution in [3.05, 3.63) is 0 Å². The van der Waals surface area contributed by atoms with E-state index in [1.807, 2.05) is 4.90 Å². The van der Waals surface area contributed by atoms with Gasteiger partial charge in [0.15, 0.2) is 0 Å². The number of hydrogen-bond acceptors (Lipinski definition) is 3. The average molecular weight is 312 g/mol. The quantitative estimate of drug-likeness (QED) is 0.847. The minimum Gasteiger partial charge on any atom is -0.480 e. The van der Waals surface area contributed by atoms with Crippen LogP contribution in [0.1, 0.15) is 39.5 Å². The molecule has 6 heteroatoms. The van der Waals surface area contributed by atoms with E-state index in [1.165, 1.54) is 0 Å². The maximum absolute atomic E-state index is 13.0. The van der Waals surface area contributed by atoms with E-state index in [0.717, 1.165) is 32.2 Å². The predicted molar refractivity (Wildman–Crippen MR) is 82.2 cm³/mol. The number of nitrogens with zero attached hydrogens (tertiary/aromatic N) is 2. The van der Waals surface area contributed by atoms with Gasteiger partial charge < -0.3 is 10.0 Å². The maximum atomic E-state index is 13.0. The van der Waals surface area contributed by atoms with E-state index in [2.05, 4.69) is 13.8 Å². The molecule has 1 saturated heterocycles. The number of thioether (sulfide) groups is 1. The maximum Gasteiger partial charge on any atom is 0.327 e. The van der Waals surface area contributed by atoms with E-state index in [0.29, 0.717) is 23.6 Å². The Morgan fingerprint density at radius 2 is 1.95 bits per heavy atom. The smallest absolute Gasteiger partial charge is 0.327 e. The van der Waals surface area contributed by atoms with E-state index in [9.17, 15) is 14.7 Å². The molecule has 3 fully saturated rings. The van der Waals surface area contributed by atoms with Crippen molar-refractivity contribution >= 4 is 23.8 Å². The Morgan fingerprint density at radius 1 is 1.29 bits per heavy atom. The number of carboxylic acid groups (broad SMARTS) is 1. The minimum absolute atomic E-state index is 0.0412. The molecule has 1 aliphatic heterocycles. The summed E-state index contributed by atoms with van der Waals surface area (Å²) in [7, 11) is 0. The van der Waals surface area contributed by atoms with E-state index in [-0.39, 0.29) is 11.4 Å². The monoisotopic (exact) mass is 312 g/mol. The van der Waals surface area contributed by atoms with Gasteiger partial charge in [-0.15, -0.1) is 11.8 Å². The Kier molecular flexibility index (Phi) is 4.08. The van der Waals surface area contributed by atoms with Gasteiger partial charge >= 0.3 is 12.0 Å². The molecule has 21 heavy (non-hydrogen) atoms. The fourth-order valence-electron chi connectivity index (χ4n) is 3.02. The summed E-state index contributed by atoms with van der Waals surface area (Å²) in [5.41, 5.74) is 0. The summed E-state index contributed by atoms with van der Waals surface area (Å²) >= 11 is 1.65. The Balaban J connectivity index is 1.79. The Hall–Kier alpha value is -0.910. The Labute approximate surface area is 130 Å². The van der Waals surface area contributed by atoms with Crippen LogP contribution in [-0.4, -0.2) is 56.7 Å².